The molecule has 9 rings (SSSR count). The lowest BCUT2D eigenvalue weighted by Gasteiger charge is -2.51. The largest absolute Gasteiger partial charge is 0.310 e. The number of hydrogen-bond acceptors (Lipinski definition) is 2. The van der Waals surface area contributed by atoms with Gasteiger partial charge in [-0.15, -0.1) is 0 Å². The minimum absolute atomic E-state index is 0.127. The molecule has 0 fully saturated rings. The Labute approximate surface area is 353 Å². The maximum atomic E-state index is 2.66. The zero-order valence-corrected chi connectivity index (χ0v) is 38.4. The fourth-order valence-electron chi connectivity index (χ4n) is 11.2. The number of aryl methyl sites for hydroxylation is 4. The highest BCUT2D eigenvalue weighted by Crippen LogP contribution is 2.63. The van der Waals surface area contributed by atoms with Crippen LogP contribution in [0.2, 0.25) is 39.3 Å². The van der Waals surface area contributed by atoms with Gasteiger partial charge in [0.2, 0.25) is 0 Å². The summed E-state index contributed by atoms with van der Waals surface area (Å²) < 4.78 is -0.127. The lowest BCUT2D eigenvalue weighted by atomic mass is 9.91. The monoisotopic (exact) mass is 800 g/mol. The molecule has 1 aliphatic carbocycles. The van der Waals surface area contributed by atoms with Crippen LogP contribution in [0.3, 0.4) is 0 Å². The van der Waals surface area contributed by atoms with Crippen LogP contribution in [-0.4, -0.2) is 16.1 Å². The van der Waals surface area contributed by atoms with Gasteiger partial charge in [-0.2, -0.15) is 0 Å². The lowest BCUT2D eigenvalue weighted by molar-refractivity contribution is 0.953. The molecule has 8 aromatic rings. The van der Waals surface area contributed by atoms with Crippen molar-refractivity contribution in [2.24, 2.45) is 0 Å². The Morgan fingerprint density at radius 1 is 0.356 bits per heavy atom. The fraction of sp³-hybridized carbons (Fsp3) is 0.200. The van der Waals surface area contributed by atoms with Gasteiger partial charge < -0.3 is 9.80 Å². The van der Waals surface area contributed by atoms with Crippen LogP contribution in [0.25, 0.3) is 32.7 Å². The summed E-state index contributed by atoms with van der Waals surface area (Å²) in [5.41, 5.74) is 18.3. The van der Waals surface area contributed by atoms with Gasteiger partial charge in [0, 0.05) is 38.2 Å². The van der Waals surface area contributed by atoms with Crippen molar-refractivity contribution < 1.29 is 0 Å². The molecule has 0 radical (unpaired) electrons. The number of fused-ring (bicyclic) bond motifs is 7. The van der Waals surface area contributed by atoms with Gasteiger partial charge in [-0.3, -0.25) is 0 Å². The van der Waals surface area contributed by atoms with Crippen molar-refractivity contribution in [2.75, 3.05) is 9.80 Å². The topological polar surface area (TPSA) is 6.48 Å². The summed E-state index contributed by atoms with van der Waals surface area (Å²) in [6.07, 6.45) is 0. The third kappa shape index (κ3) is 6.02. The number of para-hydroxylation sites is 2. The molecule has 0 saturated heterocycles. The highest BCUT2D eigenvalue weighted by Gasteiger charge is 2.60. The normalized spacial score (nSPS) is 13.4. The highest BCUT2D eigenvalue weighted by molar-refractivity contribution is 7.00. The Balaban J connectivity index is 1.46. The number of rotatable bonds is 8. The van der Waals surface area contributed by atoms with Gasteiger partial charge >= 0.3 is 0 Å². The third-order valence-corrected chi connectivity index (χ3v) is 23.1. The van der Waals surface area contributed by atoms with E-state index in [1.165, 1.54) is 100 Å². The van der Waals surface area contributed by atoms with Gasteiger partial charge in [-0.25, -0.2) is 0 Å². The molecule has 0 atom stereocenters. The van der Waals surface area contributed by atoms with Crippen LogP contribution in [-0.2, 0) is 4.66 Å². The molecule has 2 nitrogen and oxygen atoms in total. The van der Waals surface area contributed by atoms with Crippen molar-refractivity contribution in [3.8, 4) is 11.1 Å². The van der Waals surface area contributed by atoms with Crippen molar-refractivity contribution >= 4 is 71.8 Å². The Bertz CT molecular complexity index is 2700. The zero-order valence-electron chi connectivity index (χ0n) is 36.4. The molecule has 0 bridgehead atoms. The van der Waals surface area contributed by atoms with Crippen molar-refractivity contribution in [3.05, 3.63) is 191 Å². The predicted octanol–water partition coefficient (Wildman–Crippen LogP) is 16.2. The van der Waals surface area contributed by atoms with E-state index in [1.807, 2.05) is 0 Å². The van der Waals surface area contributed by atoms with E-state index in [1.54, 1.807) is 0 Å². The molecule has 0 spiro atoms. The summed E-state index contributed by atoms with van der Waals surface area (Å²) >= 11 is 0. The Kier molecular flexibility index (Phi) is 9.37. The second kappa shape index (κ2) is 14.3. The average Bonchev–Trinajstić information content (AvgIpc) is 3.53. The van der Waals surface area contributed by atoms with Crippen LogP contribution < -0.4 is 9.80 Å². The van der Waals surface area contributed by atoms with Crippen molar-refractivity contribution in [2.45, 2.75) is 71.6 Å². The molecular weight excluding hydrogens is 745 g/mol. The fourth-order valence-corrected chi connectivity index (χ4v) is 24.2. The van der Waals surface area contributed by atoms with Gasteiger partial charge in [-0.05, 0) is 120 Å². The van der Waals surface area contributed by atoms with Crippen molar-refractivity contribution in [1.82, 2.24) is 0 Å². The highest BCUT2D eigenvalue weighted by atomic mass is 28.4. The molecule has 4 heteroatoms. The molecule has 0 heterocycles. The van der Waals surface area contributed by atoms with Crippen LogP contribution in [0.15, 0.2) is 158 Å². The van der Waals surface area contributed by atoms with Crippen LogP contribution in [0.1, 0.15) is 33.4 Å². The van der Waals surface area contributed by atoms with E-state index in [0.29, 0.717) is 0 Å². The van der Waals surface area contributed by atoms with Crippen LogP contribution in [0, 0.1) is 27.7 Å². The minimum atomic E-state index is -2.13. The first-order valence-electron chi connectivity index (χ1n) is 21.2. The zero-order chi connectivity index (χ0) is 41.4. The number of nitrogens with zero attached hydrogens (tertiary/aromatic N) is 2. The van der Waals surface area contributed by atoms with E-state index in [-0.39, 0.29) is 4.66 Å². The van der Waals surface area contributed by atoms with Crippen LogP contribution >= 0.6 is 0 Å². The molecule has 0 aromatic heterocycles. The van der Waals surface area contributed by atoms with Crippen molar-refractivity contribution in [3.63, 3.8) is 0 Å². The smallest absolute Gasteiger partial charge is 0.0579 e. The van der Waals surface area contributed by atoms with Gasteiger partial charge in [0.1, 0.15) is 0 Å². The summed E-state index contributed by atoms with van der Waals surface area (Å²) in [5.74, 6) is 0. The lowest BCUT2D eigenvalue weighted by Crippen LogP contribution is -2.63. The number of anilines is 6. The molecule has 0 amide bonds. The molecule has 0 aliphatic heterocycles. The first-order valence-corrected chi connectivity index (χ1v) is 28.2. The van der Waals surface area contributed by atoms with E-state index in [2.05, 4.69) is 235 Å². The summed E-state index contributed by atoms with van der Waals surface area (Å²) in [5, 5.41) is 5.21. The standard InChI is InChI=1S/C55H56N2Si2/c1-37-29-31-49(39(3)33-37)56(41-21-13-11-14-22-41)51-35-47-53(45-27-19-17-25-43(45)51)54-46-28-20-18-26-44(46)52(36-48(54)55(47,58(5,6)7)59(8,9)10)57(42-23-15-12-16-24-42)50-32-30-38(2)34-40(50)4/h11-36H,1-10H3. The molecule has 0 saturated carbocycles. The number of hydrogen-bond donors (Lipinski definition) is 0. The second-order valence-electron chi connectivity index (χ2n) is 18.9. The molecular formula is C55H56N2Si2. The third-order valence-electron chi connectivity index (χ3n) is 13.1. The summed E-state index contributed by atoms with van der Waals surface area (Å²) in [6.45, 7) is 24.8. The van der Waals surface area contributed by atoms with Gasteiger partial charge in [-0.1, -0.05) is 160 Å². The maximum absolute atomic E-state index is 2.66. The van der Waals surface area contributed by atoms with Gasteiger partial charge in [0.05, 0.1) is 27.5 Å². The first-order chi connectivity index (χ1) is 28.2. The number of benzene rings is 8. The summed E-state index contributed by atoms with van der Waals surface area (Å²) in [4.78, 5) is 5.08. The van der Waals surface area contributed by atoms with Gasteiger partial charge in [0.25, 0.3) is 0 Å². The predicted molar refractivity (Wildman–Crippen MR) is 263 cm³/mol. The second-order valence-corrected chi connectivity index (χ2v) is 29.9. The molecule has 59 heavy (non-hydrogen) atoms. The quantitative estimate of drug-likeness (QED) is 0.141. The summed E-state index contributed by atoms with van der Waals surface area (Å²) in [7, 11) is -4.26. The van der Waals surface area contributed by atoms with E-state index in [9.17, 15) is 0 Å². The van der Waals surface area contributed by atoms with Crippen LogP contribution in [0.4, 0.5) is 34.1 Å². The Morgan fingerprint density at radius 3 is 1.03 bits per heavy atom. The molecule has 294 valence electrons. The molecule has 0 N–H and O–H groups in total. The Morgan fingerprint density at radius 2 is 0.695 bits per heavy atom. The first kappa shape index (κ1) is 38.8. The molecule has 8 aromatic carbocycles. The van der Waals surface area contributed by atoms with Gasteiger partial charge in [0.15, 0.2) is 0 Å². The van der Waals surface area contributed by atoms with Crippen molar-refractivity contribution in [1.29, 1.82) is 0 Å². The van der Waals surface area contributed by atoms with E-state index in [0.717, 1.165) is 0 Å². The molecule has 1 aliphatic rings. The maximum Gasteiger partial charge on any atom is 0.0579 e. The average molecular weight is 801 g/mol. The van der Waals surface area contributed by atoms with E-state index in [4.69, 9.17) is 0 Å². The summed E-state index contributed by atoms with van der Waals surface area (Å²) in [6, 6.07) is 59.7. The minimum Gasteiger partial charge on any atom is -0.310 e. The van der Waals surface area contributed by atoms with Crippen LogP contribution in [0.5, 0.6) is 0 Å². The van der Waals surface area contributed by atoms with E-state index >= 15 is 0 Å². The van der Waals surface area contributed by atoms with E-state index < -0.39 is 16.1 Å². The SMILES string of the molecule is Cc1ccc(N(c2ccccc2)c2cc3c(c4ccccc24)-c2c(cc(N(c4ccccc4)c4ccc(C)cc4C)c4ccccc24)C3([Si](C)(C)C)[Si](C)(C)C)c(C)c1. The molecule has 0 unspecified atom stereocenters. The Hall–Kier alpha value is -5.69.